The molecule has 0 fully saturated rings. The van der Waals surface area contributed by atoms with Gasteiger partial charge in [0.1, 0.15) is 5.60 Å². The Morgan fingerprint density at radius 3 is 2.15 bits per heavy atom. The van der Waals surface area contributed by atoms with Gasteiger partial charge in [0.25, 0.3) is 0 Å². The number of methoxy groups -OCH3 is 1. The number of benzene rings is 1. The van der Waals surface area contributed by atoms with Gasteiger partial charge in [-0.1, -0.05) is 11.6 Å². The molecule has 0 aromatic heterocycles. The summed E-state index contributed by atoms with van der Waals surface area (Å²) in [5.74, 6) is -0.666. The zero-order chi connectivity index (χ0) is 19.6. The van der Waals surface area contributed by atoms with Crippen molar-refractivity contribution in [2.75, 3.05) is 19.1 Å². The Labute approximate surface area is 194 Å². The number of nitrogens with zero attached hydrogens (tertiary/aromatic N) is 1. The maximum absolute atomic E-state index is 13.4. The van der Waals surface area contributed by atoms with Crippen molar-refractivity contribution in [3.05, 3.63) is 23.3 Å². The minimum absolute atomic E-state index is 0. The molecule has 10 heteroatoms. The van der Waals surface area contributed by atoms with Crippen LogP contribution in [0.4, 0.5) is 23.4 Å². The molecule has 0 spiro atoms. The summed E-state index contributed by atoms with van der Waals surface area (Å²) in [7, 11) is 2.47. The SMILES string of the molecule is COC(=O)Cc1cc(N(C)C(=O)OC(C)(C)C)cc([B-](F)(F)F)c1C.[K+]. The van der Waals surface area contributed by atoms with Crippen molar-refractivity contribution in [2.24, 2.45) is 0 Å². The van der Waals surface area contributed by atoms with E-state index in [1.54, 1.807) is 20.8 Å². The standard InChI is InChI=1S/C16H22BF3NO4.K/c1-10-11(8-14(22)24-6)7-12(9-13(10)17(18,19)20)21(5)15(23)25-16(2,3)4;/h7,9H,8H2,1-6H3;/q-1;+1. The molecule has 0 aliphatic heterocycles. The van der Waals surface area contributed by atoms with Crippen LogP contribution in [0.1, 0.15) is 31.9 Å². The molecule has 140 valence electrons. The molecular formula is C16H22BF3KNO4. The number of hydrogen-bond acceptors (Lipinski definition) is 4. The quantitative estimate of drug-likeness (QED) is 0.534. The molecule has 1 aromatic carbocycles. The molecule has 1 rings (SSSR count). The van der Waals surface area contributed by atoms with Gasteiger partial charge in [-0.3, -0.25) is 9.69 Å². The summed E-state index contributed by atoms with van der Waals surface area (Å²) in [6, 6.07) is 2.25. The minimum atomic E-state index is -5.32. The van der Waals surface area contributed by atoms with E-state index < -0.39 is 30.1 Å². The van der Waals surface area contributed by atoms with Crippen molar-refractivity contribution >= 4 is 30.2 Å². The van der Waals surface area contributed by atoms with Gasteiger partial charge in [-0.25, -0.2) is 4.79 Å². The molecule has 1 amide bonds. The fraction of sp³-hybridized carbons (Fsp3) is 0.500. The molecule has 0 bridgehead atoms. The van der Waals surface area contributed by atoms with E-state index in [1.165, 1.54) is 20.0 Å². The maximum Gasteiger partial charge on any atom is 1.00 e. The van der Waals surface area contributed by atoms with Crippen LogP contribution in [-0.2, 0) is 20.7 Å². The third kappa shape index (κ3) is 7.22. The van der Waals surface area contributed by atoms with Gasteiger partial charge in [0.05, 0.1) is 13.5 Å². The molecule has 0 unspecified atom stereocenters. The number of carbonyl (C=O) groups is 2. The molecule has 0 atom stereocenters. The van der Waals surface area contributed by atoms with Gasteiger partial charge in [0.15, 0.2) is 0 Å². The summed E-state index contributed by atoms with van der Waals surface area (Å²) in [4.78, 5) is 24.6. The molecule has 0 saturated heterocycles. The number of anilines is 1. The number of esters is 1. The van der Waals surface area contributed by atoms with Crippen LogP contribution >= 0.6 is 0 Å². The fourth-order valence-electron chi connectivity index (χ4n) is 2.16. The predicted octanol–water partition coefficient (Wildman–Crippen LogP) is 0.140. The van der Waals surface area contributed by atoms with Gasteiger partial charge in [-0.15, -0.1) is 5.46 Å². The Morgan fingerprint density at radius 2 is 1.73 bits per heavy atom. The number of rotatable bonds is 4. The Hall–Kier alpha value is -0.549. The van der Waals surface area contributed by atoms with Gasteiger partial charge in [-0.05, 0) is 39.3 Å². The maximum atomic E-state index is 13.4. The largest absolute Gasteiger partial charge is 1.00 e. The summed E-state index contributed by atoms with van der Waals surface area (Å²) in [6.07, 6.45) is -1.11. The number of amides is 1. The smallest absolute Gasteiger partial charge is 0.469 e. The van der Waals surface area contributed by atoms with E-state index in [-0.39, 0.29) is 74.6 Å². The minimum Gasteiger partial charge on any atom is -0.469 e. The third-order valence-electron chi connectivity index (χ3n) is 3.51. The zero-order valence-corrected chi connectivity index (χ0v) is 19.3. The van der Waals surface area contributed by atoms with Crippen molar-refractivity contribution in [3.8, 4) is 0 Å². The van der Waals surface area contributed by atoms with Crippen molar-refractivity contribution in [1.29, 1.82) is 0 Å². The summed E-state index contributed by atoms with van der Waals surface area (Å²) in [6.45, 7) is 0.937. The first-order valence-electron chi connectivity index (χ1n) is 7.63. The topological polar surface area (TPSA) is 55.8 Å². The van der Waals surface area contributed by atoms with E-state index in [0.717, 1.165) is 18.1 Å². The molecule has 1 aromatic rings. The van der Waals surface area contributed by atoms with Gasteiger partial charge >= 0.3 is 70.4 Å². The predicted molar refractivity (Wildman–Crippen MR) is 90.2 cm³/mol. The van der Waals surface area contributed by atoms with E-state index in [4.69, 9.17) is 4.74 Å². The van der Waals surface area contributed by atoms with E-state index in [2.05, 4.69) is 4.74 Å². The molecule has 0 N–H and O–H groups in total. The Morgan fingerprint density at radius 1 is 1.19 bits per heavy atom. The second-order valence-electron chi connectivity index (χ2n) is 6.69. The van der Waals surface area contributed by atoms with Gasteiger partial charge in [-0.2, -0.15) is 0 Å². The summed E-state index contributed by atoms with van der Waals surface area (Å²) in [5.41, 5.74) is -1.56. The molecule has 5 nitrogen and oxygen atoms in total. The fourth-order valence-corrected chi connectivity index (χ4v) is 2.16. The van der Waals surface area contributed by atoms with E-state index >= 15 is 0 Å². The normalized spacial score (nSPS) is 11.4. The summed E-state index contributed by atoms with van der Waals surface area (Å²) in [5, 5.41) is 0. The van der Waals surface area contributed by atoms with Crippen LogP contribution < -0.4 is 61.7 Å². The second kappa shape index (κ2) is 9.59. The van der Waals surface area contributed by atoms with Crippen LogP contribution in [0, 0.1) is 6.92 Å². The van der Waals surface area contributed by atoms with Gasteiger partial charge in [0, 0.05) is 12.7 Å². The first-order chi connectivity index (χ1) is 11.3. The third-order valence-corrected chi connectivity index (χ3v) is 3.51. The van der Waals surface area contributed by atoms with Crippen LogP contribution in [-0.4, -0.2) is 38.8 Å². The van der Waals surface area contributed by atoms with Crippen LogP contribution in [0.2, 0.25) is 0 Å². The monoisotopic (exact) mass is 399 g/mol. The van der Waals surface area contributed by atoms with Crippen molar-refractivity contribution in [1.82, 2.24) is 0 Å². The zero-order valence-electron chi connectivity index (χ0n) is 16.2. The molecule has 0 radical (unpaired) electrons. The van der Waals surface area contributed by atoms with Crippen LogP contribution in [0.25, 0.3) is 0 Å². The van der Waals surface area contributed by atoms with E-state index in [0.29, 0.717) is 0 Å². The van der Waals surface area contributed by atoms with Crippen LogP contribution in [0.3, 0.4) is 0 Å². The molecule has 0 aliphatic rings. The average Bonchev–Trinajstić information content (AvgIpc) is 2.45. The number of ether oxygens (including phenoxy) is 2. The summed E-state index contributed by atoms with van der Waals surface area (Å²) >= 11 is 0. The molecule has 0 aliphatic carbocycles. The van der Waals surface area contributed by atoms with Gasteiger partial charge < -0.3 is 22.4 Å². The molecule has 0 heterocycles. The average molecular weight is 399 g/mol. The first kappa shape index (κ1) is 25.5. The second-order valence-corrected chi connectivity index (χ2v) is 6.69. The van der Waals surface area contributed by atoms with Crippen molar-refractivity contribution in [2.45, 2.75) is 39.7 Å². The Bertz CT molecular complexity index is 675. The van der Waals surface area contributed by atoms with Crippen molar-refractivity contribution < 1.29 is 83.4 Å². The number of carbonyl (C=O) groups excluding carboxylic acids is 2. The summed E-state index contributed by atoms with van der Waals surface area (Å²) < 4.78 is 49.8. The van der Waals surface area contributed by atoms with E-state index in [1.807, 2.05) is 0 Å². The number of halogens is 3. The van der Waals surface area contributed by atoms with Crippen molar-refractivity contribution in [3.63, 3.8) is 0 Å². The van der Waals surface area contributed by atoms with Gasteiger partial charge in [0.2, 0.25) is 0 Å². The Kier molecular flexibility index (Phi) is 9.39. The molecule has 0 saturated carbocycles. The van der Waals surface area contributed by atoms with Crippen LogP contribution in [0.15, 0.2) is 12.1 Å². The van der Waals surface area contributed by atoms with Crippen LogP contribution in [0.5, 0.6) is 0 Å². The molecule has 26 heavy (non-hydrogen) atoms. The first-order valence-corrected chi connectivity index (χ1v) is 7.63. The Balaban J connectivity index is 0.00000625. The number of hydrogen-bond donors (Lipinski definition) is 0. The van der Waals surface area contributed by atoms with E-state index in [9.17, 15) is 22.5 Å². The molecular weight excluding hydrogens is 377 g/mol.